The quantitative estimate of drug-likeness (QED) is 0.824. The van der Waals surface area contributed by atoms with Crippen molar-refractivity contribution in [3.05, 3.63) is 29.3 Å². The molecule has 0 saturated heterocycles. The standard InChI is InChI=1S/C12H17NO3/c1-9-4-5-10(12(14)15)11(8-9)16-7-6-13(2)3/h4-5,8H,6-7H2,1-3H3,(H,14,15). The van der Waals surface area contributed by atoms with Gasteiger partial charge in [0, 0.05) is 6.54 Å². The maximum atomic E-state index is 10.9. The molecule has 16 heavy (non-hydrogen) atoms. The number of aryl methyl sites for hydroxylation is 1. The van der Waals surface area contributed by atoms with Crippen LogP contribution in [0.15, 0.2) is 18.2 Å². The van der Waals surface area contributed by atoms with Crippen LogP contribution in [0.1, 0.15) is 15.9 Å². The lowest BCUT2D eigenvalue weighted by Gasteiger charge is -2.13. The Balaban J connectivity index is 2.76. The minimum atomic E-state index is -0.958. The number of ether oxygens (including phenoxy) is 1. The number of likely N-dealkylation sites (N-methyl/N-ethyl adjacent to an activating group) is 1. The summed E-state index contributed by atoms with van der Waals surface area (Å²) in [6.07, 6.45) is 0. The maximum Gasteiger partial charge on any atom is 0.339 e. The molecule has 0 fully saturated rings. The third-order valence-electron chi connectivity index (χ3n) is 2.16. The van der Waals surface area contributed by atoms with Gasteiger partial charge in [-0.3, -0.25) is 0 Å². The number of nitrogens with zero attached hydrogens (tertiary/aromatic N) is 1. The van der Waals surface area contributed by atoms with E-state index >= 15 is 0 Å². The first-order valence-electron chi connectivity index (χ1n) is 5.12. The smallest absolute Gasteiger partial charge is 0.339 e. The van der Waals surface area contributed by atoms with Crippen LogP contribution < -0.4 is 4.74 Å². The van der Waals surface area contributed by atoms with Gasteiger partial charge in [-0.15, -0.1) is 0 Å². The SMILES string of the molecule is Cc1ccc(C(=O)O)c(OCCN(C)C)c1. The molecular formula is C12H17NO3. The Bertz CT molecular complexity index is 375. The van der Waals surface area contributed by atoms with Gasteiger partial charge in [0.05, 0.1) is 0 Å². The van der Waals surface area contributed by atoms with E-state index in [1.807, 2.05) is 25.9 Å². The van der Waals surface area contributed by atoms with Gasteiger partial charge in [-0.25, -0.2) is 4.79 Å². The molecule has 0 unspecified atom stereocenters. The maximum absolute atomic E-state index is 10.9. The lowest BCUT2D eigenvalue weighted by atomic mass is 10.1. The van der Waals surface area contributed by atoms with Crippen LogP contribution in [0.5, 0.6) is 5.75 Å². The predicted octanol–water partition coefficient (Wildman–Crippen LogP) is 1.63. The summed E-state index contributed by atoms with van der Waals surface area (Å²) in [6.45, 7) is 3.15. The zero-order valence-corrected chi connectivity index (χ0v) is 9.86. The fraction of sp³-hybridized carbons (Fsp3) is 0.417. The minimum absolute atomic E-state index is 0.212. The summed E-state index contributed by atoms with van der Waals surface area (Å²) >= 11 is 0. The van der Waals surface area contributed by atoms with Gasteiger partial charge in [0.25, 0.3) is 0 Å². The lowest BCUT2D eigenvalue weighted by Crippen LogP contribution is -2.20. The van der Waals surface area contributed by atoms with E-state index < -0.39 is 5.97 Å². The Morgan fingerprint density at radius 3 is 2.69 bits per heavy atom. The van der Waals surface area contributed by atoms with Crippen molar-refractivity contribution in [1.29, 1.82) is 0 Å². The Morgan fingerprint density at radius 2 is 2.12 bits per heavy atom. The van der Waals surface area contributed by atoms with Crippen molar-refractivity contribution in [1.82, 2.24) is 4.90 Å². The van der Waals surface area contributed by atoms with Crippen LogP contribution in [-0.2, 0) is 0 Å². The number of rotatable bonds is 5. The second-order valence-electron chi connectivity index (χ2n) is 3.96. The Morgan fingerprint density at radius 1 is 1.44 bits per heavy atom. The third kappa shape index (κ3) is 3.55. The van der Waals surface area contributed by atoms with Crippen molar-refractivity contribution in [3.63, 3.8) is 0 Å². The summed E-state index contributed by atoms with van der Waals surface area (Å²) in [5, 5.41) is 8.97. The molecule has 1 N–H and O–H groups in total. The van der Waals surface area contributed by atoms with Gasteiger partial charge in [0.1, 0.15) is 17.9 Å². The van der Waals surface area contributed by atoms with Gasteiger partial charge >= 0.3 is 5.97 Å². The average Bonchev–Trinajstić information content (AvgIpc) is 2.16. The summed E-state index contributed by atoms with van der Waals surface area (Å²) in [6, 6.07) is 5.09. The van der Waals surface area contributed by atoms with Crippen LogP contribution >= 0.6 is 0 Å². The minimum Gasteiger partial charge on any atom is -0.491 e. The molecule has 0 saturated carbocycles. The Hall–Kier alpha value is -1.55. The second-order valence-corrected chi connectivity index (χ2v) is 3.96. The van der Waals surface area contributed by atoms with E-state index in [1.54, 1.807) is 18.2 Å². The van der Waals surface area contributed by atoms with Crippen molar-refractivity contribution in [2.24, 2.45) is 0 Å². The topological polar surface area (TPSA) is 49.8 Å². The molecule has 1 aromatic rings. The molecule has 0 aliphatic rings. The summed E-state index contributed by atoms with van der Waals surface area (Å²) in [4.78, 5) is 12.9. The number of hydrogen-bond donors (Lipinski definition) is 1. The van der Waals surface area contributed by atoms with E-state index in [-0.39, 0.29) is 5.56 Å². The summed E-state index contributed by atoms with van der Waals surface area (Å²) in [5.41, 5.74) is 1.20. The number of hydrogen-bond acceptors (Lipinski definition) is 3. The molecule has 1 rings (SSSR count). The number of carboxylic acids is 1. The largest absolute Gasteiger partial charge is 0.491 e. The lowest BCUT2D eigenvalue weighted by molar-refractivity contribution is 0.0692. The highest BCUT2D eigenvalue weighted by Crippen LogP contribution is 2.20. The molecule has 0 aliphatic carbocycles. The first kappa shape index (κ1) is 12.5. The summed E-state index contributed by atoms with van der Waals surface area (Å²) in [5.74, 6) is -0.519. The molecule has 0 heterocycles. The predicted molar refractivity (Wildman–Crippen MR) is 62.2 cm³/mol. The normalized spacial score (nSPS) is 10.5. The van der Waals surface area contributed by atoms with E-state index in [9.17, 15) is 4.79 Å². The van der Waals surface area contributed by atoms with Gasteiger partial charge in [0.15, 0.2) is 0 Å². The molecule has 0 aliphatic heterocycles. The molecule has 88 valence electrons. The Labute approximate surface area is 95.5 Å². The molecule has 0 amide bonds. The summed E-state index contributed by atoms with van der Waals surface area (Å²) < 4.78 is 5.47. The van der Waals surface area contributed by atoms with Crippen molar-refractivity contribution in [2.75, 3.05) is 27.2 Å². The van der Waals surface area contributed by atoms with E-state index in [0.717, 1.165) is 12.1 Å². The second kappa shape index (κ2) is 5.51. The molecule has 0 atom stereocenters. The number of aromatic carboxylic acids is 1. The van der Waals surface area contributed by atoms with E-state index in [4.69, 9.17) is 9.84 Å². The van der Waals surface area contributed by atoms with Gasteiger partial charge in [0.2, 0.25) is 0 Å². The molecule has 1 aromatic carbocycles. The van der Waals surface area contributed by atoms with Crippen LogP contribution in [0, 0.1) is 6.92 Å². The van der Waals surface area contributed by atoms with Crippen LogP contribution in [-0.4, -0.2) is 43.2 Å². The highest BCUT2D eigenvalue weighted by molar-refractivity contribution is 5.90. The fourth-order valence-corrected chi connectivity index (χ4v) is 1.26. The molecule has 0 aromatic heterocycles. The monoisotopic (exact) mass is 223 g/mol. The van der Waals surface area contributed by atoms with Crippen molar-refractivity contribution < 1.29 is 14.6 Å². The fourth-order valence-electron chi connectivity index (χ4n) is 1.26. The van der Waals surface area contributed by atoms with E-state index in [2.05, 4.69) is 0 Å². The zero-order chi connectivity index (χ0) is 12.1. The zero-order valence-electron chi connectivity index (χ0n) is 9.86. The van der Waals surface area contributed by atoms with Gasteiger partial charge < -0.3 is 14.7 Å². The molecule has 0 bridgehead atoms. The van der Waals surface area contributed by atoms with Gasteiger partial charge in [-0.05, 0) is 38.7 Å². The molecule has 4 heteroatoms. The molecular weight excluding hydrogens is 206 g/mol. The Kier molecular flexibility index (Phi) is 4.31. The van der Waals surface area contributed by atoms with E-state index in [1.165, 1.54) is 0 Å². The van der Waals surface area contributed by atoms with E-state index in [0.29, 0.717) is 12.4 Å². The number of carbonyl (C=O) groups is 1. The van der Waals surface area contributed by atoms with Crippen molar-refractivity contribution >= 4 is 5.97 Å². The van der Waals surface area contributed by atoms with Crippen LogP contribution in [0.2, 0.25) is 0 Å². The number of carboxylic acid groups (broad SMARTS) is 1. The first-order valence-corrected chi connectivity index (χ1v) is 5.12. The van der Waals surface area contributed by atoms with Gasteiger partial charge in [-0.1, -0.05) is 6.07 Å². The van der Waals surface area contributed by atoms with Crippen molar-refractivity contribution in [2.45, 2.75) is 6.92 Å². The highest BCUT2D eigenvalue weighted by atomic mass is 16.5. The van der Waals surface area contributed by atoms with Crippen molar-refractivity contribution in [3.8, 4) is 5.75 Å². The molecule has 4 nitrogen and oxygen atoms in total. The molecule has 0 spiro atoms. The van der Waals surface area contributed by atoms with Gasteiger partial charge in [-0.2, -0.15) is 0 Å². The highest BCUT2D eigenvalue weighted by Gasteiger charge is 2.10. The first-order chi connectivity index (χ1) is 7.50. The van der Waals surface area contributed by atoms with Crippen LogP contribution in [0.4, 0.5) is 0 Å². The van der Waals surface area contributed by atoms with Crippen LogP contribution in [0.25, 0.3) is 0 Å². The average molecular weight is 223 g/mol. The molecule has 0 radical (unpaired) electrons. The van der Waals surface area contributed by atoms with Crippen LogP contribution in [0.3, 0.4) is 0 Å². The third-order valence-corrected chi connectivity index (χ3v) is 2.16. The number of benzene rings is 1. The summed E-state index contributed by atoms with van der Waals surface area (Å²) in [7, 11) is 3.88.